The number of hydrogen-bond donors (Lipinski definition) is 0. The quantitative estimate of drug-likeness (QED) is 0.603. The van der Waals surface area contributed by atoms with Crippen LogP contribution >= 0.6 is 0 Å². The second-order valence-corrected chi connectivity index (χ2v) is 2.95. The summed E-state index contributed by atoms with van der Waals surface area (Å²) in [6.07, 6.45) is -1.20. The van der Waals surface area contributed by atoms with Gasteiger partial charge in [-0.1, -0.05) is 0 Å². The van der Waals surface area contributed by atoms with Gasteiger partial charge in [-0.2, -0.15) is 17.6 Å². The molecule has 0 saturated heterocycles. The summed E-state index contributed by atoms with van der Waals surface area (Å²) < 4.78 is 59.3. The molecule has 0 aliphatic carbocycles. The Morgan fingerprint density at radius 1 is 0.800 bits per heavy atom. The van der Waals surface area contributed by atoms with Gasteiger partial charge in [0.25, 0.3) is 0 Å². The number of rotatable bonds is 8. The highest BCUT2D eigenvalue weighted by atomic mass is 19.3. The fourth-order valence-electron chi connectivity index (χ4n) is 0.892. The van der Waals surface area contributed by atoms with Crippen molar-refractivity contribution in [3.05, 3.63) is 0 Å². The first-order valence-electron chi connectivity index (χ1n) is 4.36. The van der Waals surface area contributed by atoms with E-state index in [1.54, 1.807) is 0 Å². The molecule has 0 N–H and O–H groups in total. The third-order valence-electron chi connectivity index (χ3n) is 1.38. The van der Waals surface area contributed by atoms with Crippen LogP contribution in [0.2, 0.25) is 0 Å². The van der Waals surface area contributed by atoms with Crippen molar-refractivity contribution in [1.29, 1.82) is 0 Å². The fraction of sp³-hybridized carbons (Fsp3) is 1.00. The molecule has 15 heavy (non-hydrogen) atoms. The standard InChI is InChI=1S/C8H14F4O3/c1-5(3-13-7(9)10)15-6(2)4-14-8(11)12/h5-8H,3-4H2,1-2H3/t5-,6-/m0/s1. The lowest BCUT2D eigenvalue weighted by atomic mass is 10.4. The molecule has 0 spiro atoms. The first kappa shape index (κ1) is 14.6. The van der Waals surface area contributed by atoms with Gasteiger partial charge in [-0.25, -0.2) is 0 Å². The van der Waals surface area contributed by atoms with Crippen LogP contribution in [0.5, 0.6) is 0 Å². The molecule has 3 nitrogen and oxygen atoms in total. The number of ether oxygens (including phenoxy) is 3. The van der Waals surface area contributed by atoms with Crippen molar-refractivity contribution in [1.82, 2.24) is 0 Å². The molecule has 0 rings (SSSR count). The lowest BCUT2D eigenvalue weighted by molar-refractivity contribution is -0.179. The van der Waals surface area contributed by atoms with Gasteiger partial charge in [-0.15, -0.1) is 0 Å². The highest BCUT2D eigenvalue weighted by molar-refractivity contribution is 4.53. The monoisotopic (exact) mass is 234 g/mol. The molecule has 0 aliphatic heterocycles. The second kappa shape index (κ2) is 7.84. The van der Waals surface area contributed by atoms with Gasteiger partial charge in [-0.05, 0) is 13.8 Å². The molecular formula is C8H14F4O3. The summed E-state index contributed by atoms with van der Waals surface area (Å²) in [4.78, 5) is 0. The Bertz CT molecular complexity index is 141. The molecule has 2 atom stereocenters. The van der Waals surface area contributed by atoms with Gasteiger partial charge in [0.1, 0.15) is 0 Å². The molecule has 0 aliphatic rings. The van der Waals surface area contributed by atoms with E-state index in [9.17, 15) is 17.6 Å². The predicted molar refractivity (Wildman–Crippen MR) is 43.9 cm³/mol. The van der Waals surface area contributed by atoms with Crippen LogP contribution in [0.25, 0.3) is 0 Å². The van der Waals surface area contributed by atoms with E-state index in [1.165, 1.54) is 13.8 Å². The fourth-order valence-corrected chi connectivity index (χ4v) is 0.892. The van der Waals surface area contributed by atoms with Crippen LogP contribution < -0.4 is 0 Å². The van der Waals surface area contributed by atoms with E-state index in [2.05, 4.69) is 9.47 Å². The van der Waals surface area contributed by atoms with Crippen LogP contribution in [-0.4, -0.2) is 38.6 Å². The Morgan fingerprint density at radius 2 is 1.13 bits per heavy atom. The third kappa shape index (κ3) is 9.89. The van der Waals surface area contributed by atoms with Gasteiger partial charge in [-0.3, -0.25) is 0 Å². The molecular weight excluding hydrogens is 220 g/mol. The van der Waals surface area contributed by atoms with E-state index in [1.807, 2.05) is 0 Å². The summed E-state index contributed by atoms with van der Waals surface area (Å²) in [5, 5.41) is 0. The molecule has 0 radical (unpaired) electrons. The minimum Gasteiger partial charge on any atom is -0.371 e. The summed E-state index contributed by atoms with van der Waals surface area (Å²) in [7, 11) is 0. The van der Waals surface area contributed by atoms with Gasteiger partial charge < -0.3 is 14.2 Å². The van der Waals surface area contributed by atoms with E-state index in [0.29, 0.717) is 0 Å². The topological polar surface area (TPSA) is 27.7 Å². The van der Waals surface area contributed by atoms with Crippen LogP contribution in [0.1, 0.15) is 13.8 Å². The summed E-state index contributed by atoms with van der Waals surface area (Å²) in [5.74, 6) is 0. The van der Waals surface area contributed by atoms with Crippen molar-refractivity contribution in [2.75, 3.05) is 13.2 Å². The molecule has 0 heterocycles. The first-order valence-corrected chi connectivity index (χ1v) is 4.36. The van der Waals surface area contributed by atoms with E-state index >= 15 is 0 Å². The normalized spacial score (nSPS) is 16.0. The zero-order valence-corrected chi connectivity index (χ0v) is 8.46. The first-order chi connectivity index (χ1) is 6.91. The molecule has 0 amide bonds. The Hall–Kier alpha value is -0.400. The molecule has 0 fully saturated rings. The van der Waals surface area contributed by atoms with E-state index in [0.717, 1.165) is 0 Å². The number of hydrogen-bond acceptors (Lipinski definition) is 3. The highest BCUT2D eigenvalue weighted by Crippen LogP contribution is 2.04. The molecule has 0 saturated carbocycles. The average Bonchev–Trinajstić information content (AvgIpc) is 2.11. The average molecular weight is 234 g/mol. The third-order valence-corrected chi connectivity index (χ3v) is 1.38. The van der Waals surface area contributed by atoms with Gasteiger partial charge in [0.2, 0.25) is 0 Å². The van der Waals surface area contributed by atoms with E-state index in [-0.39, 0.29) is 13.2 Å². The van der Waals surface area contributed by atoms with Crippen molar-refractivity contribution >= 4 is 0 Å². The summed E-state index contributed by atoms with van der Waals surface area (Å²) in [6, 6.07) is 0. The second-order valence-electron chi connectivity index (χ2n) is 2.95. The van der Waals surface area contributed by atoms with Crippen LogP contribution in [0.4, 0.5) is 17.6 Å². The Balaban J connectivity index is 3.52. The Kier molecular flexibility index (Phi) is 7.63. The lowest BCUT2D eigenvalue weighted by Gasteiger charge is -2.18. The maximum absolute atomic E-state index is 11.6. The Morgan fingerprint density at radius 3 is 1.40 bits per heavy atom. The molecule has 0 aromatic carbocycles. The molecule has 0 aromatic rings. The largest absolute Gasteiger partial charge is 0.371 e. The number of halogens is 4. The van der Waals surface area contributed by atoms with Gasteiger partial charge in [0.15, 0.2) is 0 Å². The van der Waals surface area contributed by atoms with Gasteiger partial charge in [0, 0.05) is 0 Å². The molecule has 0 unspecified atom stereocenters. The van der Waals surface area contributed by atoms with Crippen LogP contribution in [-0.2, 0) is 14.2 Å². The summed E-state index contributed by atoms with van der Waals surface area (Å²) >= 11 is 0. The minimum absolute atomic E-state index is 0.295. The van der Waals surface area contributed by atoms with Crippen LogP contribution in [0.3, 0.4) is 0 Å². The summed E-state index contributed by atoms with van der Waals surface area (Å²) in [5.41, 5.74) is 0. The van der Waals surface area contributed by atoms with Gasteiger partial charge in [0.05, 0.1) is 25.4 Å². The minimum atomic E-state index is -2.86. The van der Waals surface area contributed by atoms with Crippen molar-refractivity contribution in [2.45, 2.75) is 39.3 Å². The Labute approximate surface area is 85.3 Å². The highest BCUT2D eigenvalue weighted by Gasteiger charge is 2.13. The van der Waals surface area contributed by atoms with Gasteiger partial charge >= 0.3 is 13.2 Å². The number of alkyl halides is 4. The van der Waals surface area contributed by atoms with E-state index in [4.69, 9.17) is 4.74 Å². The van der Waals surface area contributed by atoms with E-state index < -0.39 is 25.4 Å². The molecule has 0 aromatic heterocycles. The zero-order chi connectivity index (χ0) is 11.8. The van der Waals surface area contributed by atoms with Crippen molar-refractivity contribution in [3.63, 3.8) is 0 Å². The molecule has 0 bridgehead atoms. The van der Waals surface area contributed by atoms with Crippen LogP contribution in [0.15, 0.2) is 0 Å². The predicted octanol–water partition coefficient (Wildman–Crippen LogP) is 2.26. The maximum Gasteiger partial charge on any atom is 0.345 e. The molecule has 7 heteroatoms. The molecule has 92 valence electrons. The van der Waals surface area contributed by atoms with Crippen molar-refractivity contribution in [3.8, 4) is 0 Å². The summed E-state index contributed by atoms with van der Waals surface area (Å²) in [6.45, 7) is -3.30. The zero-order valence-electron chi connectivity index (χ0n) is 8.46. The van der Waals surface area contributed by atoms with Crippen LogP contribution in [0, 0.1) is 0 Å². The smallest absolute Gasteiger partial charge is 0.345 e. The van der Waals surface area contributed by atoms with Crippen molar-refractivity contribution < 1.29 is 31.8 Å². The van der Waals surface area contributed by atoms with Crippen molar-refractivity contribution in [2.24, 2.45) is 0 Å². The lowest BCUT2D eigenvalue weighted by Crippen LogP contribution is -2.26. The maximum atomic E-state index is 11.6. The SMILES string of the molecule is C[C@@H](COC(F)F)O[C@@H](C)COC(F)F.